The first-order valence-electron chi connectivity index (χ1n) is 6.01. The molecule has 1 aliphatic rings. The van der Waals surface area contributed by atoms with Crippen molar-refractivity contribution in [2.45, 2.75) is 6.10 Å². The zero-order valence-electron chi connectivity index (χ0n) is 10.4. The third kappa shape index (κ3) is 3.43. The van der Waals surface area contributed by atoms with Crippen LogP contribution in [0.2, 0.25) is 0 Å². The molecule has 1 aromatic rings. The molecule has 0 bridgehead atoms. The number of nitrogens with zero attached hydrogens (tertiary/aromatic N) is 1. The van der Waals surface area contributed by atoms with Gasteiger partial charge >= 0.3 is 0 Å². The van der Waals surface area contributed by atoms with Gasteiger partial charge in [0.2, 0.25) is 0 Å². The van der Waals surface area contributed by atoms with Crippen LogP contribution < -0.4 is 5.32 Å². The van der Waals surface area contributed by atoms with E-state index in [0.717, 1.165) is 15.7 Å². The van der Waals surface area contributed by atoms with Gasteiger partial charge in [0.25, 0.3) is 5.91 Å². The molecule has 4 nitrogen and oxygen atoms in total. The Bertz CT molecular complexity index is 406. The highest BCUT2D eigenvalue weighted by atomic mass is 127. The molecule has 2 rings (SSSR count). The van der Waals surface area contributed by atoms with E-state index in [1.54, 1.807) is 0 Å². The molecule has 0 aromatic heterocycles. The standard InChI is InChI=1S/C13H17IN2O2/c1-15-8-12-9-16(6-7-18-12)13(17)10-2-4-11(14)5-3-10/h2-5,12,15H,6-9H2,1H3. The molecule has 0 aliphatic carbocycles. The molecule has 1 heterocycles. The van der Waals surface area contributed by atoms with Crippen LogP contribution in [0.5, 0.6) is 0 Å². The van der Waals surface area contributed by atoms with Gasteiger partial charge in [-0.15, -0.1) is 0 Å². The largest absolute Gasteiger partial charge is 0.373 e. The van der Waals surface area contributed by atoms with Crippen molar-refractivity contribution in [2.24, 2.45) is 0 Å². The number of morpholine rings is 1. The average Bonchev–Trinajstić information content (AvgIpc) is 2.39. The lowest BCUT2D eigenvalue weighted by Crippen LogP contribution is -2.48. The quantitative estimate of drug-likeness (QED) is 0.828. The number of rotatable bonds is 3. The monoisotopic (exact) mass is 360 g/mol. The minimum atomic E-state index is 0.0933. The molecule has 5 heteroatoms. The summed E-state index contributed by atoms with van der Waals surface area (Å²) >= 11 is 2.24. The summed E-state index contributed by atoms with van der Waals surface area (Å²) in [5.41, 5.74) is 0.750. The molecule has 1 saturated heterocycles. The number of hydrogen-bond donors (Lipinski definition) is 1. The van der Waals surface area contributed by atoms with Gasteiger partial charge in [-0.3, -0.25) is 4.79 Å². The van der Waals surface area contributed by atoms with Crippen LogP contribution in [0, 0.1) is 3.57 Å². The summed E-state index contributed by atoms with van der Waals surface area (Å²) in [5, 5.41) is 3.08. The van der Waals surface area contributed by atoms with Crippen molar-refractivity contribution >= 4 is 28.5 Å². The van der Waals surface area contributed by atoms with E-state index in [9.17, 15) is 4.79 Å². The van der Waals surface area contributed by atoms with Crippen molar-refractivity contribution < 1.29 is 9.53 Å². The molecule has 1 aromatic carbocycles. The molecule has 1 atom stereocenters. The van der Waals surface area contributed by atoms with Gasteiger partial charge in [0, 0.05) is 28.8 Å². The molecule has 1 unspecified atom stereocenters. The molecule has 0 radical (unpaired) electrons. The van der Waals surface area contributed by atoms with Gasteiger partial charge in [-0.05, 0) is 53.9 Å². The fourth-order valence-corrected chi connectivity index (χ4v) is 2.39. The highest BCUT2D eigenvalue weighted by molar-refractivity contribution is 14.1. The van der Waals surface area contributed by atoms with E-state index >= 15 is 0 Å². The van der Waals surface area contributed by atoms with E-state index in [4.69, 9.17) is 4.74 Å². The third-order valence-corrected chi connectivity index (χ3v) is 3.67. The van der Waals surface area contributed by atoms with E-state index < -0.39 is 0 Å². The summed E-state index contributed by atoms with van der Waals surface area (Å²) < 4.78 is 6.73. The number of halogens is 1. The SMILES string of the molecule is CNCC1CN(C(=O)c2ccc(I)cc2)CCO1. The van der Waals surface area contributed by atoms with Crippen molar-refractivity contribution in [1.29, 1.82) is 0 Å². The normalized spacial score (nSPS) is 19.9. The minimum Gasteiger partial charge on any atom is -0.373 e. The Morgan fingerprint density at radius 1 is 1.50 bits per heavy atom. The van der Waals surface area contributed by atoms with E-state index in [0.29, 0.717) is 19.7 Å². The van der Waals surface area contributed by atoms with E-state index in [1.807, 2.05) is 36.2 Å². The second kappa shape index (κ2) is 6.49. The fraction of sp³-hybridized carbons (Fsp3) is 0.462. The molecular formula is C13H17IN2O2. The molecule has 1 amide bonds. The first-order chi connectivity index (χ1) is 8.70. The molecule has 18 heavy (non-hydrogen) atoms. The van der Waals surface area contributed by atoms with Gasteiger partial charge in [0.1, 0.15) is 0 Å². The number of carbonyl (C=O) groups excluding carboxylic acids is 1. The van der Waals surface area contributed by atoms with Gasteiger partial charge in [0.05, 0.1) is 12.7 Å². The zero-order valence-corrected chi connectivity index (χ0v) is 12.5. The predicted octanol–water partition coefficient (Wildman–Crippen LogP) is 1.35. The van der Waals surface area contributed by atoms with Crippen molar-refractivity contribution in [1.82, 2.24) is 10.2 Å². The Balaban J connectivity index is 2.02. The average molecular weight is 360 g/mol. The van der Waals surface area contributed by atoms with Crippen molar-refractivity contribution in [2.75, 3.05) is 33.3 Å². The Kier molecular flexibility index (Phi) is 4.96. The van der Waals surface area contributed by atoms with Crippen LogP contribution in [0.1, 0.15) is 10.4 Å². The van der Waals surface area contributed by atoms with Crippen LogP contribution in [0.15, 0.2) is 24.3 Å². The molecule has 0 spiro atoms. The Morgan fingerprint density at radius 2 is 2.22 bits per heavy atom. The maximum absolute atomic E-state index is 12.3. The molecular weight excluding hydrogens is 343 g/mol. The third-order valence-electron chi connectivity index (χ3n) is 2.95. The van der Waals surface area contributed by atoms with Crippen LogP contribution in [0.4, 0.5) is 0 Å². The Labute approximate surface area is 121 Å². The molecule has 1 aliphatic heterocycles. The van der Waals surface area contributed by atoms with Crippen LogP contribution in [0.3, 0.4) is 0 Å². The van der Waals surface area contributed by atoms with Crippen molar-refractivity contribution in [3.05, 3.63) is 33.4 Å². The van der Waals surface area contributed by atoms with Gasteiger partial charge in [-0.25, -0.2) is 0 Å². The topological polar surface area (TPSA) is 41.6 Å². The Morgan fingerprint density at radius 3 is 2.89 bits per heavy atom. The highest BCUT2D eigenvalue weighted by Crippen LogP contribution is 2.12. The van der Waals surface area contributed by atoms with Crippen LogP contribution in [-0.4, -0.2) is 50.2 Å². The molecule has 1 N–H and O–H groups in total. The van der Waals surface area contributed by atoms with Crippen molar-refractivity contribution in [3.8, 4) is 0 Å². The smallest absolute Gasteiger partial charge is 0.254 e. The molecule has 0 saturated carbocycles. The predicted molar refractivity (Wildman–Crippen MR) is 78.7 cm³/mol. The first-order valence-corrected chi connectivity index (χ1v) is 7.09. The summed E-state index contributed by atoms with van der Waals surface area (Å²) in [6.07, 6.45) is 0.0940. The van der Waals surface area contributed by atoms with Gasteiger partial charge in [0.15, 0.2) is 0 Å². The summed E-state index contributed by atoms with van der Waals surface area (Å²) in [6.45, 7) is 2.72. The van der Waals surface area contributed by atoms with E-state index in [1.165, 1.54) is 0 Å². The maximum atomic E-state index is 12.3. The molecule has 98 valence electrons. The van der Waals surface area contributed by atoms with Gasteiger partial charge in [-0.2, -0.15) is 0 Å². The number of carbonyl (C=O) groups is 1. The summed E-state index contributed by atoms with van der Waals surface area (Å²) in [7, 11) is 1.89. The van der Waals surface area contributed by atoms with Crippen molar-refractivity contribution in [3.63, 3.8) is 0 Å². The minimum absolute atomic E-state index is 0.0933. The van der Waals surface area contributed by atoms with E-state index in [-0.39, 0.29) is 12.0 Å². The number of likely N-dealkylation sites (N-methyl/N-ethyl adjacent to an activating group) is 1. The lowest BCUT2D eigenvalue weighted by atomic mass is 10.1. The van der Waals surface area contributed by atoms with Gasteiger partial charge < -0.3 is 15.0 Å². The van der Waals surface area contributed by atoms with Crippen LogP contribution in [0.25, 0.3) is 0 Å². The Hall–Kier alpha value is -0.660. The second-order valence-corrected chi connectivity index (χ2v) is 5.55. The number of amides is 1. The number of nitrogens with one attached hydrogen (secondary N) is 1. The highest BCUT2D eigenvalue weighted by Gasteiger charge is 2.24. The number of ether oxygens (including phenoxy) is 1. The zero-order chi connectivity index (χ0) is 13.0. The summed E-state index contributed by atoms with van der Waals surface area (Å²) in [4.78, 5) is 14.2. The number of benzene rings is 1. The number of hydrogen-bond acceptors (Lipinski definition) is 3. The summed E-state index contributed by atoms with van der Waals surface area (Å²) in [6, 6.07) is 7.68. The van der Waals surface area contributed by atoms with E-state index in [2.05, 4.69) is 27.9 Å². The van der Waals surface area contributed by atoms with Crippen LogP contribution >= 0.6 is 22.6 Å². The summed E-state index contributed by atoms with van der Waals surface area (Å²) in [5.74, 6) is 0.0933. The van der Waals surface area contributed by atoms with Crippen LogP contribution in [-0.2, 0) is 4.74 Å². The van der Waals surface area contributed by atoms with Gasteiger partial charge in [-0.1, -0.05) is 0 Å². The first kappa shape index (κ1) is 13.8. The lowest BCUT2D eigenvalue weighted by molar-refractivity contribution is -0.0196. The second-order valence-electron chi connectivity index (χ2n) is 4.31. The molecule has 1 fully saturated rings. The lowest BCUT2D eigenvalue weighted by Gasteiger charge is -2.33. The fourth-order valence-electron chi connectivity index (χ4n) is 2.03. The maximum Gasteiger partial charge on any atom is 0.254 e.